The van der Waals surface area contributed by atoms with Crippen LogP contribution in [-0.4, -0.2) is 39.5 Å². The summed E-state index contributed by atoms with van der Waals surface area (Å²) >= 11 is 0. The highest BCUT2D eigenvalue weighted by atomic mass is 19.4. The van der Waals surface area contributed by atoms with Crippen LogP contribution in [0, 0.1) is 0 Å². The number of aliphatic carboxylic acids is 1. The minimum Gasteiger partial charge on any atom is -0.480 e. The second-order valence-electron chi connectivity index (χ2n) is 4.42. The number of hydrogen-bond donors (Lipinski definition) is 1. The zero-order valence-electron chi connectivity index (χ0n) is 10.2. The highest BCUT2D eigenvalue weighted by molar-refractivity contribution is 5.96. The molecule has 0 saturated carbocycles. The Kier molecular flexibility index (Phi) is 3.65. The number of amides is 1. The highest BCUT2D eigenvalue weighted by Crippen LogP contribution is 2.27. The maximum absolute atomic E-state index is 12.4. The van der Waals surface area contributed by atoms with Crippen molar-refractivity contribution < 1.29 is 27.9 Å². The Morgan fingerprint density at radius 1 is 1.35 bits per heavy atom. The first-order valence-electron chi connectivity index (χ1n) is 5.87. The van der Waals surface area contributed by atoms with Crippen molar-refractivity contribution in [1.29, 1.82) is 0 Å². The fourth-order valence-electron chi connectivity index (χ4n) is 2.12. The van der Waals surface area contributed by atoms with Crippen LogP contribution in [0.25, 0.3) is 0 Å². The van der Waals surface area contributed by atoms with Gasteiger partial charge in [0, 0.05) is 12.7 Å². The van der Waals surface area contributed by atoms with Crippen molar-refractivity contribution in [3.05, 3.63) is 29.6 Å². The third kappa shape index (κ3) is 2.73. The summed E-state index contributed by atoms with van der Waals surface area (Å²) in [5.41, 5.74) is -1.14. The zero-order chi connectivity index (χ0) is 14.9. The minimum absolute atomic E-state index is 0.0499. The van der Waals surface area contributed by atoms with E-state index < -0.39 is 29.8 Å². The average molecular weight is 288 g/mol. The topological polar surface area (TPSA) is 70.5 Å². The molecule has 1 aliphatic rings. The van der Waals surface area contributed by atoms with Crippen molar-refractivity contribution in [1.82, 2.24) is 9.88 Å². The second kappa shape index (κ2) is 5.10. The number of carboxylic acid groups (broad SMARTS) is 1. The fourth-order valence-corrected chi connectivity index (χ4v) is 2.12. The molecular weight excluding hydrogens is 277 g/mol. The molecule has 0 unspecified atom stereocenters. The van der Waals surface area contributed by atoms with E-state index in [1.807, 2.05) is 0 Å². The predicted molar refractivity (Wildman–Crippen MR) is 60.9 cm³/mol. The summed E-state index contributed by atoms with van der Waals surface area (Å²) in [5, 5.41) is 8.97. The molecule has 1 saturated heterocycles. The lowest BCUT2D eigenvalue weighted by atomic mass is 10.2. The van der Waals surface area contributed by atoms with E-state index in [2.05, 4.69) is 4.98 Å². The van der Waals surface area contributed by atoms with E-state index in [0.29, 0.717) is 18.9 Å². The average Bonchev–Trinajstić information content (AvgIpc) is 2.86. The summed E-state index contributed by atoms with van der Waals surface area (Å²) in [4.78, 5) is 27.4. The van der Waals surface area contributed by atoms with E-state index in [1.54, 1.807) is 0 Å². The Hall–Kier alpha value is -2.12. The molecule has 8 heteroatoms. The molecule has 1 aromatic rings. The second-order valence-corrected chi connectivity index (χ2v) is 4.42. The number of halogens is 3. The number of rotatable bonds is 2. The molecule has 0 bridgehead atoms. The first kappa shape index (κ1) is 14.3. The number of pyridine rings is 1. The van der Waals surface area contributed by atoms with Gasteiger partial charge in [0.1, 0.15) is 11.7 Å². The van der Waals surface area contributed by atoms with Crippen molar-refractivity contribution in [2.75, 3.05) is 6.54 Å². The van der Waals surface area contributed by atoms with Gasteiger partial charge in [-0.25, -0.2) is 4.79 Å². The number of aromatic nitrogens is 1. The highest BCUT2D eigenvalue weighted by Gasteiger charge is 2.35. The Labute approximate surface area is 112 Å². The molecule has 0 aromatic carbocycles. The summed E-state index contributed by atoms with van der Waals surface area (Å²) in [6, 6.07) is 0.791. The molecule has 2 heterocycles. The van der Waals surface area contributed by atoms with Gasteiger partial charge in [-0.05, 0) is 25.0 Å². The summed E-state index contributed by atoms with van der Waals surface area (Å²) in [5.74, 6) is -1.73. The van der Waals surface area contributed by atoms with Gasteiger partial charge >= 0.3 is 12.1 Å². The molecule has 1 amide bonds. The first-order valence-corrected chi connectivity index (χ1v) is 5.87. The summed E-state index contributed by atoms with van der Waals surface area (Å²) in [7, 11) is 0. The lowest BCUT2D eigenvalue weighted by Crippen LogP contribution is -2.40. The number of carboxylic acids is 1. The van der Waals surface area contributed by atoms with Gasteiger partial charge in [-0.2, -0.15) is 13.2 Å². The van der Waals surface area contributed by atoms with Crippen molar-refractivity contribution in [3.63, 3.8) is 0 Å². The number of nitrogens with zero attached hydrogens (tertiary/aromatic N) is 2. The number of likely N-dealkylation sites (tertiary alicyclic amines) is 1. The van der Waals surface area contributed by atoms with Gasteiger partial charge in [-0.3, -0.25) is 9.78 Å². The smallest absolute Gasteiger partial charge is 0.433 e. The quantitative estimate of drug-likeness (QED) is 0.900. The standard InChI is InChI=1S/C12H11F3N2O3/c13-12(14,15)9-4-3-7(6-16-9)10(18)17-5-1-2-8(17)11(19)20/h3-4,6,8H,1-2,5H2,(H,19,20)/t8-/m1/s1. The van der Waals surface area contributed by atoms with Crippen LogP contribution < -0.4 is 0 Å². The van der Waals surface area contributed by atoms with Gasteiger partial charge in [-0.1, -0.05) is 0 Å². The van der Waals surface area contributed by atoms with Crippen LogP contribution in [0.2, 0.25) is 0 Å². The Balaban J connectivity index is 2.19. The van der Waals surface area contributed by atoms with Gasteiger partial charge in [-0.15, -0.1) is 0 Å². The molecule has 20 heavy (non-hydrogen) atoms. The Bertz CT molecular complexity index is 528. The molecule has 1 fully saturated rings. The van der Waals surface area contributed by atoms with Crippen LogP contribution in [-0.2, 0) is 11.0 Å². The number of carbonyl (C=O) groups is 2. The van der Waals surface area contributed by atoms with Crippen LogP contribution in [0.5, 0.6) is 0 Å². The van der Waals surface area contributed by atoms with E-state index in [1.165, 1.54) is 0 Å². The van der Waals surface area contributed by atoms with Crippen LogP contribution >= 0.6 is 0 Å². The van der Waals surface area contributed by atoms with Crippen LogP contribution in [0.3, 0.4) is 0 Å². The molecule has 1 aliphatic heterocycles. The van der Waals surface area contributed by atoms with E-state index in [4.69, 9.17) is 5.11 Å². The predicted octanol–water partition coefficient (Wildman–Crippen LogP) is 1.79. The van der Waals surface area contributed by atoms with Crippen molar-refractivity contribution in [2.45, 2.75) is 25.1 Å². The SMILES string of the molecule is O=C(O)[C@H]1CCCN1C(=O)c1ccc(C(F)(F)F)nc1. The first-order chi connectivity index (χ1) is 9.30. The van der Waals surface area contributed by atoms with E-state index in [-0.39, 0.29) is 12.1 Å². The van der Waals surface area contributed by atoms with Gasteiger partial charge in [0.2, 0.25) is 0 Å². The molecule has 0 aliphatic carbocycles. The van der Waals surface area contributed by atoms with Gasteiger partial charge in [0.15, 0.2) is 0 Å². The third-order valence-electron chi connectivity index (χ3n) is 3.10. The molecule has 1 N–H and O–H groups in total. The normalized spacial score (nSPS) is 19.1. The fraction of sp³-hybridized carbons (Fsp3) is 0.417. The third-order valence-corrected chi connectivity index (χ3v) is 3.10. The van der Waals surface area contributed by atoms with Crippen molar-refractivity contribution >= 4 is 11.9 Å². The lowest BCUT2D eigenvalue weighted by Gasteiger charge is -2.21. The van der Waals surface area contributed by atoms with Crippen molar-refractivity contribution in [3.8, 4) is 0 Å². The van der Waals surface area contributed by atoms with Crippen LogP contribution in [0.4, 0.5) is 13.2 Å². The van der Waals surface area contributed by atoms with Crippen LogP contribution in [0.15, 0.2) is 18.3 Å². The summed E-state index contributed by atoms with van der Waals surface area (Å²) in [6.07, 6.45) is -2.85. The molecule has 1 aromatic heterocycles. The maximum atomic E-state index is 12.4. The molecule has 0 radical (unpaired) electrons. The largest absolute Gasteiger partial charge is 0.480 e. The zero-order valence-corrected chi connectivity index (χ0v) is 10.2. The molecule has 108 valence electrons. The number of hydrogen-bond acceptors (Lipinski definition) is 3. The van der Waals surface area contributed by atoms with E-state index in [9.17, 15) is 22.8 Å². The minimum atomic E-state index is -4.57. The maximum Gasteiger partial charge on any atom is 0.433 e. The summed E-state index contributed by atoms with van der Waals surface area (Å²) in [6.45, 7) is 0.275. The molecule has 2 rings (SSSR count). The Morgan fingerprint density at radius 2 is 2.05 bits per heavy atom. The molecular formula is C12H11F3N2O3. The lowest BCUT2D eigenvalue weighted by molar-refractivity contribution is -0.142. The van der Waals surface area contributed by atoms with Gasteiger partial charge in [0.05, 0.1) is 5.56 Å². The Morgan fingerprint density at radius 3 is 2.55 bits per heavy atom. The van der Waals surface area contributed by atoms with Gasteiger partial charge in [0.25, 0.3) is 5.91 Å². The molecule has 5 nitrogen and oxygen atoms in total. The number of alkyl halides is 3. The summed E-state index contributed by atoms with van der Waals surface area (Å²) < 4.78 is 37.1. The van der Waals surface area contributed by atoms with Gasteiger partial charge < -0.3 is 10.0 Å². The monoisotopic (exact) mass is 288 g/mol. The van der Waals surface area contributed by atoms with Crippen molar-refractivity contribution in [2.24, 2.45) is 0 Å². The molecule has 1 atom stereocenters. The van der Waals surface area contributed by atoms with E-state index >= 15 is 0 Å². The van der Waals surface area contributed by atoms with E-state index in [0.717, 1.165) is 17.2 Å². The molecule has 0 spiro atoms. The number of carbonyl (C=O) groups excluding carboxylic acids is 1. The van der Waals surface area contributed by atoms with Crippen LogP contribution in [0.1, 0.15) is 28.9 Å².